The number of aliphatic imine (C=N–C) groups is 1. The first-order chi connectivity index (χ1) is 16.3. The Bertz CT molecular complexity index is 1340. The molecule has 0 saturated carbocycles. The lowest BCUT2D eigenvalue weighted by molar-refractivity contribution is -0.115. The summed E-state index contributed by atoms with van der Waals surface area (Å²) in [5, 5.41) is 4.25. The van der Waals surface area contributed by atoms with E-state index in [1.54, 1.807) is 48.5 Å². The van der Waals surface area contributed by atoms with Crippen molar-refractivity contribution in [2.75, 3.05) is 0 Å². The minimum absolute atomic E-state index is 0.199. The van der Waals surface area contributed by atoms with Gasteiger partial charge in [-0.05, 0) is 78.0 Å². The van der Waals surface area contributed by atoms with Gasteiger partial charge in [0, 0.05) is 20.6 Å². The van der Waals surface area contributed by atoms with Crippen LogP contribution in [0, 0.1) is 0 Å². The zero-order valence-corrected chi connectivity index (χ0v) is 21.8. The Morgan fingerprint density at radius 3 is 2.53 bits per heavy atom. The van der Waals surface area contributed by atoms with Gasteiger partial charge in [0.2, 0.25) is 0 Å². The molecule has 172 valence electrons. The van der Waals surface area contributed by atoms with E-state index in [1.165, 1.54) is 0 Å². The SMILES string of the molecule is O=C1NC(=NC(=O)c2ccc(Cl)cc2)S/C1=C\c1cc(Br)ccc1OCc1ccc(Cl)c(Cl)c1. The van der Waals surface area contributed by atoms with Gasteiger partial charge in [-0.25, -0.2) is 0 Å². The number of nitrogens with zero attached hydrogens (tertiary/aromatic N) is 1. The lowest BCUT2D eigenvalue weighted by atomic mass is 10.2. The average Bonchev–Trinajstić information content (AvgIpc) is 3.14. The lowest BCUT2D eigenvalue weighted by Crippen LogP contribution is -2.20. The molecule has 0 unspecified atom stereocenters. The van der Waals surface area contributed by atoms with Gasteiger partial charge in [0.1, 0.15) is 12.4 Å². The molecule has 34 heavy (non-hydrogen) atoms. The maximum Gasteiger partial charge on any atom is 0.279 e. The average molecular weight is 597 g/mol. The molecule has 0 atom stereocenters. The molecule has 10 heteroatoms. The van der Waals surface area contributed by atoms with Crippen molar-refractivity contribution in [3.05, 3.63) is 102 Å². The molecule has 0 spiro atoms. The van der Waals surface area contributed by atoms with E-state index >= 15 is 0 Å². The Labute approximate surface area is 223 Å². The molecule has 1 aliphatic rings. The first kappa shape index (κ1) is 24.8. The molecule has 0 radical (unpaired) electrons. The molecular formula is C24H14BrCl3N2O3S. The quantitative estimate of drug-likeness (QED) is 0.312. The van der Waals surface area contributed by atoms with Gasteiger partial charge in [-0.1, -0.05) is 56.8 Å². The Kier molecular flexibility index (Phi) is 8.01. The van der Waals surface area contributed by atoms with Crippen molar-refractivity contribution in [3.8, 4) is 5.75 Å². The number of amidine groups is 1. The summed E-state index contributed by atoms with van der Waals surface area (Å²) in [7, 11) is 0. The Morgan fingerprint density at radius 2 is 1.79 bits per heavy atom. The molecule has 1 heterocycles. The maximum atomic E-state index is 12.5. The third kappa shape index (κ3) is 6.23. The van der Waals surface area contributed by atoms with Crippen molar-refractivity contribution in [1.29, 1.82) is 0 Å². The Hall–Kier alpha value is -2.29. The molecular weight excluding hydrogens is 583 g/mol. The van der Waals surface area contributed by atoms with Crippen LogP contribution in [0.1, 0.15) is 21.5 Å². The molecule has 1 saturated heterocycles. The monoisotopic (exact) mass is 594 g/mol. The molecule has 0 aromatic heterocycles. The molecule has 3 aromatic carbocycles. The minimum Gasteiger partial charge on any atom is -0.488 e. The topological polar surface area (TPSA) is 67.8 Å². The zero-order chi connectivity index (χ0) is 24.2. The van der Waals surface area contributed by atoms with Crippen LogP contribution in [0.3, 0.4) is 0 Å². The number of carbonyl (C=O) groups excluding carboxylic acids is 2. The Morgan fingerprint density at radius 1 is 1.03 bits per heavy atom. The van der Waals surface area contributed by atoms with Crippen molar-refractivity contribution < 1.29 is 14.3 Å². The second-order valence-corrected chi connectivity index (χ2v) is 10.2. The summed E-state index contributed by atoms with van der Waals surface area (Å²) in [6.45, 7) is 0.260. The van der Waals surface area contributed by atoms with Crippen LogP contribution in [0.15, 0.2) is 75.0 Å². The van der Waals surface area contributed by atoms with E-state index in [-0.39, 0.29) is 17.7 Å². The number of halogens is 4. The third-order valence-corrected chi connectivity index (χ3v) is 6.98. The van der Waals surface area contributed by atoms with Crippen molar-refractivity contribution in [2.45, 2.75) is 6.61 Å². The smallest absolute Gasteiger partial charge is 0.279 e. The van der Waals surface area contributed by atoms with Crippen molar-refractivity contribution >= 4 is 85.6 Å². The van der Waals surface area contributed by atoms with E-state index in [0.717, 1.165) is 21.8 Å². The second-order valence-electron chi connectivity index (χ2n) is 7.01. The van der Waals surface area contributed by atoms with Gasteiger partial charge in [-0.3, -0.25) is 9.59 Å². The van der Waals surface area contributed by atoms with E-state index in [9.17, 15) is 9.59 Å². The number of hydrogen-bond donors (Lipinski definition) is 1. The number of rotatable bonds is 5. The summed E-state index contributed by atoms with van der Waals surface area (Å²) in [6.07, 6.45) is 1.68. The molecule has 3 aromatic rings. The maximum absolute atomic E-state index is 12.5. The first-order valence-corrected chi connectivity index (χ1v) is 12.5. The van der Waals surface area contributed by atoms with Crippen molar-refractivity contribution in [2.24, 2.45) is 4.99 Å². The van der Waals surface area contributed by atoms with Crippen LogP contribution in [0.25, 0.3) is 6.08 Å². The Balaban J connectivity index is 1.53. The number of benzene rings is 3. The molecule has 1 N–H and O–H groups in total. The van der Waals surface area contributed by atoms with E-state index < -0.39 is 5.91 Å². The van der Waals surface area contributed by atoms with Gasteiger partial charge in [0.05, 0.1) is 15.0 Å². The fourth-order valence-electron chi connectivity index (χ4n) is 2.93. The highest BCUT2D eigenvalue weighted by molar-refractivity contribution is 9.10. The molecule has 5 nitrogen and oxygen atoms in total. The second kappa shape index (κ2) is 11.0. The largest absolute Gasteiger partial charge is 0.488 e. The van der Waals surface area contributed by atoms with Crippen LogP contribution >= 0.6 is 62.5 Å². The number of amides is 2. The van der Waals surface area contributed by atoms with Crippen molar-refractivity contribution in [1.82, 2.24) is 5.32 Å². The van der Waals surface area contributed by atoms with Crippen molar-refractivity contribution in [3.63, 3.8) is 0 Å². The van der Waals surface area contributed by atoms with Gasteiger partial charge in [0.25, 0.3) is 11.8 Å². The minimum atomic E-state index is -0.478. The van der Waals surface area contributed by atoms with E-state index in [4.69, 9.17) is 39.5 Å². The van der Waals surface area contributed by atoms with Crippen LogP contribution in [0.5, 0.6) is 5.75 Å². The molecule has 1 fully saturated rings. The highest BCUT2D eigenvalue weighted by atomic mass is 79.9. The number of ether oxygens (including phenoxy) is 1. The van der Waals surface area contributed by atoms with E-state index in [1.807, 2.05) is 18.2 Å². The summed E-state index contributed by atoms with van der Waals surface area (Å²) in [5.74, 6) is -0.269. The van der Waals surface area contributed by atoms with Gasteiger partial charge in [0.15, 0.2) is 5.17 Å². The molecule has 1 aliphatic heterocycles. The van der Waals surface area contributed by atoms with Crippen LogP contribution in [-0.2, 0) is 11.4 Å². The van der Waals surface area contributed by atoms with Crippen LogP contribution in [0.4, 0.5) is 0 Å². The standard InChI is InChI=1S/C24H14BrCl3N2O3S/c25-16-4-8-20(33-12-13-1-7-18(27)19(28)9-13)15(10-16)11-21-23(32)30-24(34-21)29-22(31)14-2-5-17(26)6-3-14/h1-11H,12H2,(H,29,30,31,32)/b21-11-. The zero-order valence-electron chi connectivity index (χ0n) is 17.2. The molecule has 2 amide bonds. The third-order valence-electron chi connectivity index (χ3n) is 4.58. The molecule has 4 rings (SSSR count). The van der Waals surface area contributed by atoms with E-state index in [2.05, 4.69) is 26.2 Å². The highest BCUT2D eigenvalue weighted by Crippen LogP contribution is 2.32. The van der Waals surface area contributed by atoms with Crippen LogP contribution in [0.2, 0.25) is 15.1 Å². The van der Waals surface area contributed by atoms with Gasteiger partial charge < -0.3 is 10.1 Å². The summed E-state index contributed by atoms with van der Waals surface area (Å²) in [5.41, 5.74) is 1.89. The molecule has 0 bridgehead atoms. The van der Waals surface area contributed by atoms with Gasteiger partial charge in [-0.15, -0.1) is 0 Å². The highest BCUT2D eigenvalue weighted by Gasteiger charge is 2.25. The number of thioether (sulfide) groups is 1. The predicted molar refractivity (Wildman–Crippen MR) is 142 cm³/mol. The number of carbonyl (C=O) groups is 2. The fourth-order valence-corrected chi connectivity index (χ4v) is 4.56. The normalized spacial score (nSPS) is 15.6. The van der Waals surface area contributed by atoms with Gasteiger partial charge >= 0.3 is 0 Å². The van der Waals surface area contributed by atoms with E-state index in [0.29, 0.717) is 36.8 Å². The summed E-state index contributed by atoms with van der Waals surface area (Å²) >= 11 is 22.4. The van der Waals surface area contributed by atoms with Crippen LogP contribution in [-0.4, -0.2) is 17.0 Å². The van der Waals surface area contributed by atoms with Gasteiger partial charge in [-0.2, -0.15) is 4.99 Å². The lowest BCUT2D eigenvalue weighted by Gasteiger charge is -2.11. The first-order valence-electron chi connectivity index (χ1n) is 9.74. The summed E-state index contributed by atoms with van der Waals surface area (Å²) in [4.78, 5) is 29.3. The fraction of sp³-hybridized carbons (Fsp3) is 0.0417. The predicted octanol–water partition coefficient (Wildman–Crippen LogP) is 7.39. The summed E-state index contributed by atoms with van der Waals surface area (Å²) in [6, 6.07) is 17.1. The number of hydrogen-bond acceptors (Lipinski definition) is 4. The summed E-state index contributed by atoms with van der Waals surface area (Å²) < 4.78 is 6.79. The molecule has 0 aliphatic carbocycles. The van der Waals surface area contributed by atoms with Crippen LogP contribution < -0.4 is 10.1 Å². The number of nitrogens with one attached hydrogen (secondary N) is 1.